The Morgan fingerprint density at radius 2 is 1.85 bits per heavy atom. The van der Waals surface area contributed by atoms with E-state index in [9.17, 15) is 5.11 Å². The monoisotopic (exact) mass is 490 g/mol. The van der Waals surface area contributed by atoms with E-state index in [1.807, 2.05) is 6.26 Å². The van der Waals surface area contributed by atoms with Gasteiger partial charge >= 0.3 is 0 Å². The third-order valence-corrected chi connectivity index (χ3v) is 11.9. The molecule has 4 aliphatic carbocycles. The third-order valence-electron chi connectivity index (χ3n) is 11.1. The van der Waals surface area contributed by atoms with Gasteiger partial charge in [-0.05, 0) is 104 Å². The standard InChI is InChI=1S/C31H54O2S/c1-21(2)8-7-9-22(3)27-12-13-28-26-11-10-23-18-25(33-19-24(32)20-34-6)14-16-30(23,4)29(26)15-17-31(27,28)5/h10,21-22,24-29,32H,7-9,11-20H2,1-6H3/t22?,24?,25?,26?,27?,28?,29?,30?,31-/m1/s1. The first-order valence-corrected chi connectivity index (χ1v) is 16.1. The molecular weight excluding hydrogens is 436 g/mol. The summed E-state index contributed by atoms with van der Waals surface area (Å²) in [5.74, 6) is 6.18. The van der Waals surface area contributed by atoms with E-state index in [0.717, 1.165) is 47.7 Å². The Balaban J connectivity index is 1.40. The molecule has 0 aromatic rings. The first kappa shape index (κ1) is 27.1. The summed E-state index contributed by atoms with van der Waals surface area (Å²) in [6.07, 6.45) is 19.7. The van der Waals surface area contributed by atoms with Crippen molar-refractivity contribution in [3.8, 4) is 0 Å². The predicted molar refractivity (Wildman–Crippen MR) is 147 cm³/mol. The summed E-state index contributed by atoms with van der Waals surface area (Å²) in [7, 11) is 0. The lowest BCUT2D eigenvalue weighted by atomic mass is 9.47. The molecule has 1 N–H and O–H groups in total. The van der Waals surface area contributed by atoms with Crippen LogP contribution in [-0.4, -0.2) is 35.9 Å². The molecule has 0 aromatic heterocycles. The van der Waals surface area contributed by atoms with Crippen LogP contribution in [0, 0.1) is 46.3 Å². The summed E-state index contributed by atoms with van der Waals surface area (Å²) in [4.78, 5) is 0. The SMILES string of the molecule is CSCC(O)COC1CCC2(C)C(=CCC3C2CC[C@]2(C)C(C(C)CCCC(C)C)CCC32)C1. The summed E-state index contributed by atoms with van der Waals surface area (Å²) < 4.78 is 6.20. The molecule has 0 heterocycles. The zero-order valence-electron chi connectivity index (χ0n) is 23.2. The van der Waals surface area contributed by atoms with Crippen molar-refractivity contribution >= 4 is 11.8 Å². The summed E-state index contributed by atoms with van der Waals surface area (Å²) in [5.41, 5.74) is 2.67. The highest BCUT2D eigenvalue weighted by Crippen LogP contribution is 2.67. The molecule has 0 aliphatic heterocycles. The topological polar surface area (TPSA) is 29.5 Å². The van der Waals surface area contributed by atoms with E-state index in [4.69, 9.17) is 4.74 Å². The van der Waals surface area contributed by atoms with E-state index in [-0.39, 0.29) is 6.10 Å². The lowest BCUT2D eigenvalue weighted by Gasteiger charge is -2.58. The van der Waals surface area contributed by atoms with Crippen molar-refractivity contribution in [1.29, 1.82) is 0 Å². The van der Waals surface area contributed by atoms with E-state index in [0.29, 0.717) is 23.5 Å². The maximum Gasteiger partial charge on any atom is 0.0863 e. The van der Waals surface area contributed by atoms with Crippen LogP contribution in [0.4, 0.5) is 0 Å². The summed E-state index contributed by atoms with van der Waals surface area (Å²) in [6, 6.07) is 0. The summed E-state index contributed by atoms with van der Waals surface area (Å²) in [6.45, 7) is 13.1. The molecule has 0 amide bonds. The second kappa shape index (κ2) is 11.2. The molecule has 0 bridgehead atoms. The molecule has 3 fully saturated rings. The van der Waals surface area contributed by atoms with Gasteiger partial charge in [0.05, 0.1) is 18.8 Å². The van der Waals surface area contributed by atoms with Gasteiger partial charge in [-0.25, -0.2) is 0 Å². The van der Waals surface area contributed by atoms with Crippen molar-refractivity contribution < 1.29 is 9.84 Å². The van der Waals surface area contributed by atoms with Gasteiger partial charge in [0.2, 0.25) is 0 Å². The van der Waals surface area contributed by atoms with Gasteiger partial charge in [-0.15, -0.1) is 0 Å². The molecule has 0 saturated heterocycles. The Bertz CT molecular complexity index is 704. The summed E-state index contributed by atoms with van der Waals surface area (Å²) >= 11 is 1.70. The number of hydrogen-bond acceptors (Lipinski definition) is 3. The number of hydrogen-bond donors (Lipinski definition) is 1. The van der Waals surface area contributed by atoms with Crippen LogP contribution in [0.2, 0.25) is 0 Å². The molecule has 4 rings (SSSR count). The Morgan fingerprint density at radius 3 is 2.59 bits per heavy atom. The molecule has 3 heteroatoms. The highest BCUT2D eigenvalue weighted by molar-refractivity contribution is 7.98. The minimum absolute atomic E-state index is 0.309. The maximum absolute atomic E-state index is 10.1. The predicted octanol–water partition coefficient (Wildman–Crippen LogP) is 8.14. The Morgan fingerprint density at radius 1 is 1.06 bits per heavy atom. The molecule has 2 nitrogen and oxygen atoms in total. The van der Waals surface area contributed by atoms with Crippen molar-refractivity contribution in [2.75, 3.05) is 18.6 Å². The van der Waals surface area contributed by atoms with Crippen LogP contribution in [0.15, 0.2) is 11.6 Å². The average molecular weight is 491 g/mol. The summed E-state index contributed by atoms with van der Waals surface area (Å²) in [5, 5.41) is 10.1. The van der Waals surface area contributed by atoms with E-state index in [2.05, 4.69) is 40.7 Å². The van der Waals surface area contributed by atoms with Gasteiger partial charge in [0.25, 0.3) is 0 Å². The van der Waals surface area contributed by atoms with Gasteiger partial charge in [0.1, 0.15) is 0 Å². The fourth-order valence-electron chi connectivity index (χ4n) is 9.28. The first-order valence-electron chi connectivity index (χ1n) is 14.7. The number of allylic oxidation sites excluding steroid dienone is 1. The number of thioether (sulfide) groups is 1. The fourth-order valence-corrected chi connectivity index (χ4v) is 9.76. The molecule has 196 valence electrons. The molecule has 34 heavy (non-hydrogen) atoms. The van der Waals surface area contributed by atoms with Gasteiger partial charge in [-0.3, -0.25) is 0 Å². The van der Waals surface area contributed by atoms with E-state index in [1.165, 1.54) is 64.2 Å². The van der Waals surface area contributed by atoms with E-state index in [1.54, 1.807) is 17.3 Å². The quantitative estimate of drug-likeness (QED) is 0.313. The van der Waals surface area contributed by atoms with Gasteiger partial charge in [0.15, 0.2) is 0 Å². The van der Waals surface area contributed by atoms with Crippen molar-refractivity contribution in [2.24, 2.45) is 46.3 Å². The minimum Gasteiger partial charge on any atom is -0.390 e. The maximum atomic E-state index is 10.1. The van der Waals surface area contributed by atoms with Crippen LogP contribution in [-0.2, 0) is 4.74 Å². The normalized spacial score (nSPS) is 41.4. The van der Waals surface area contributed by atoms with Gasteiger partial charge in [-0.1, -0.05) is 65.5 Å². The molecule has 0 spiro atoms. The Kier molecular flexibility index (Phi) is 8.89. The smallest absolute Gasteiger partial charge is 0.0863 e. The molecular formula is C31H54O2S. The first-order chi connectivity index (χ1) is 16.2. The van der Waals surface area contributed by atoms with Crippen LogP contribution in [0.1, 0.15) is 105 Å². The molecule has 0 radical (unpaired) electrons. The van der Waals surface area contributed by atoms with Crippen molar-refractivity contribution in [3.05, 3.63) is 11.6 Å². The Labute approximate surface area is 215 Å². The number of fused-ring (bicyclic) bond motifs is 5. The van der Waals surface area contributed by atoms with Crippen LogP contribution in [0.5, 0.6) is 0 Å². The average Bonchev–Trinajstić information content (AvgIpc) is 3.15. The van der Waals surface area contributed by atoms with E-state index >= 15 is 0 Å². The molecule has 9 atom stereocenters. The van der Waals surface area contributed by atoms with Gasteiger partial charge < -0.3 is 9.84 Å². The van der Waals surface area contributed by atoms with Gasteiger partial charge in [-0.2, -0.15) is 11.8 Å². The Hall–Kier alpha value is 0.0100. The van der Waals surface area contributed by atoms with Crippen molar-refractivity contribution in [3.63, 3.8) is 0 Å². The lowest BCUT2D eigenvalue weighted by Crippen LogP contribution is -2.51. The number of aliphatic hydroxyl groups excluding tert-OH is 1. The fraction of sp³-hybridized carbons (Fsp3) is 0.935. The second-order valence-corrected chi connectivity index (χ2v) is 14.5. The zero-order valence-corrected chi connectivity index (χ0v) is 24.0. The zero-order chi connectivity index (χ0) is 24.5. The van der Waals surface area contributed by atoms with Crippen LogP contribution >= 0.6 is 11.8 Å². The minimum atomic E-state index is -0.327. The van der Waals surface area contributed by atoms with Crippen LogP contribution < -0.4 is 0 Å². The van der Waals surface area contributed by atoms with Gasteiger partial charge in [0, 0.05) is 5.75 Å². The van der Waals surface area contributed by atoms with Crippen molar-refractivity contribution in [2.45, 2.75) is 117 Å². The van der Waals surface area contributed by atoms with Crippen LogP contribution in [0.3, 0.4) is 0 Å². The van der Waals surface area contributed by atoms with Crippen molar-refractivity contribution in [1.82, 2.24) is 0 Å². The highest BCUT2D eigenvalue weighted by Gasteiger charge is 2.59. The molecule has 0 aromatic carbocycles. The third kappa shape index (κ3) is 5.33. The molecule has 8 unspecified atom stereocenters. The second-order valence-electron chi connectivity index (χ2n) is 13.6. The number of rotatable bonds is 10. The molecule has 4 aliphatic rings. The number of aliphatic hydroxyl groups is 1. The largest absolute Gasteiger partial charge is 0.390 e. The number of ether oxygens (including phenoxy) is 1. The lowest BCUT2D eigenvalue weighted by molar-refractivity contribution is -0.0696. The molecule has 3 saturated carbocycles. The van der Waals surface area contributed by atoms with Crippen LogP contribution in [0.25, 0.3) is 0 Å². The highest BCUT2D eigenvalue weighted by atomic mass is 32.2. The van der Waals surface area contributed by atoms with E-state index < -0.39 is 0 Å².